The maximum absolute atomic E-state index is 5.79. The Hall–Kier alpha value is -1.46. The topological polar surface area (TPSA) is 47.0 Å². The first-order valence-electron chi connectivity index (χ1n) is 7.14. The van der Waals surface area contributed by atoms with Crippen LogP contribution in [0, 0.1) is 0 Å². The highest BCUT2D eigenvalue weighted by atomic mass is 32.1. The van der Waals surface area contributed by atoms with E-state index in [4.69, 9.17) is 4.74 Å². The number of hydrogen-bond acceptors (Lipinski definition) is 5. The van der Waals surface area contributed by atoms with E-state index in [0.717, 1.165) is 23.6 Å². The zero-order valence-electron chi connectivity index (χ0n) is 11.6. The van der Waals surface area contributed by atoms with Gasteiger partial charge in [0, 0.05) is 0 Å². The van der Waals surface area contributed by atoms with Gasteiger partial charge in [0.15, 0.2) is 0 Å². The lowest BCUT2D eigenvalue weighted by Gasteiger charge is -2.17. The van der Waals surface area contributed by atoms with E-state index in [-0.39, 0.29) is 6.04 Å². The predicted molar refractivity (Wildman–Crippen MR) is 80.1 cm³/mol. The second-order valence-corrected chi connectivity index (χ2v) is 5.91. The molecule has 1 heterocycles. The van der Waals surface area contributed by atoms with Gasteiger partial charge in [-0.1, -0.05) is 23.5 Å². The minimum Gasteiger partial charge on any atom is -0.490 e. The van der Waals surface area contributed by atoms with Crippen molar-refractivity contribution in [3.8, 4) is 5.75 Å². The third-order valence-corrected chi connectivity index (χ3v) is 4.03. The number of ether oxygens (including phenoxy) is 1. The standard InChI is InChI=1S/C15H19N3OS/c1-2-9-16-15(14-10-17-18-20-14)11-3-5-12(6-4-11)19-13-7-8-13/h3-6,10,13,15-16H,2,7-9H2,1H3. The average Bonchev–Trinajstić information content (AvgIpc) is 3.12. The van der Waals surface area contributed by atoms with E-state index in [1.807, 2.05) is 6.20 Å². The molecule has 1 unspecified atom stereocenters. The van der Waals surface area contributed by atoms with Crippen molar-refractivity contribution in [1.82, 2.24) is 14.9 Å². The van der Waals surface area contributed by atoms with Gasteiger partial charge in [0.25, 0.3) is 0 Å². The van der Waals surface area contributed by atoms with E-state index in [9.17, 15) is 0 Å². The van der Waals surface area contributed by atoms with Crippen molar-refractivity contribution >= 4 is 11.5 Å². The van der Waals surface area contributed by atoms with Crippen molar-refractivity contribution in [2.45, 2.75) is 38.3 Å². The lowest BCUT2D eigenvalue weighted by molar-refractivity contribution is 0.303. The van der Waals surface area contributed by atoms with Gasteiger partial charge in [-0.2, -0.15) is 0 Å². The van der Waals surface area contributed by atoms with Crippen LogP contribution in [0.3, 0.4) is 0 Å². The molecule has 1 N–H and O–H groups in total. The second-order valence-electron chi connectivity index (χ2n) is 5.09. The average molecular weight is 289 g/mol. The van der Waals surface area contributed by atoms with Gasteiger partial charge in [0.2, 0.25) is 0 Å². The highest BCUT2D eigenvalue weighted by Crippen LogP contribution is 2.29. The number of benzene rings is 1. The molecule has 5 heteroatoms. The van der Waals surface area contributed by atoms with Crippen molar-refractivity contribution in [2.24, 2.45) is 0 Å². The highest BCUT2D eigenvalue weighted by molar-refractivity contribution is 7.05. The summed E-state index contributed by atoms with van der Waals surface area (Å²) >= 11 is 1.45. The molecule has 3 rings (SSSR count). The molecule has 0 aliphatic heterocycles. The first-order valence-corrected chi connectivity index (χ1v) is 7.91. The Morgan fingerprint density at radius 2 is 2.15 bits per heavy atom. The van der Waals surface area contributed by atoms with Gasteiger partial charge in [-0.25, -0.2) is 0 Å². The first kappa shape index (κ1) is 13.5. The van der Waals surface area contributed by atoms with Crippen molar-refractivity contribution in [3.05, 3.63) is 40.9 Å². The largest absolute Gasteiger partial charge is 0.490 e. The fourth-order valence-electron chi connectivity index (χ4n) is 2.09. The summed E-state index contributed by atoms with van der Waals surface area (Å²) in [7, 11) is 0. The molecule has 0 amide bonds. The molecule has 0 bridgehead atoms. The van der Waals surface area contributed by atoms with Crippen molar-refractivity contribution in [1.29, 1.82) is 0 Å². The van der Waals surface area contributed by atoms with Crippen LogP contribution in [0.5, 0.6) is 5.75 Å². The zero-order chi connectivity index (χ0) is 13.8. The molecule has 0 saturated heterocycles. The third-order valence-electron chi connectivity index (χ3n) is 3.30. The molecule has 1 fully saturated rings. The van der Waals surface area contributed by atoms with Crippen LogP contribution < -0.4 is 10.1 Å². The second kappa shape index (κ2) is 6.33. The molecule has 1 aromatic heterocycles. The van der Waals surface area contributed by atoms with Gasteiger partial charge in [0.05, 0.1) is 23.2 Å². The van der Waals surface area contributed by atoms with Crippen LogP contribution >= 0.6 is 11.5 Å². The van der Waals surface area contributed by atoms with Crippen LogP contribution in [0.2, 0.25) is 0 Å². The van der Waals surface area contributed by atoms with Crippen molar-refractivity contribution in [3.63, 3.8) is 0 Å². The van der Waals surface area contributed by atoms with Gasteiger partial charge >= 0.3 is 0 Å². The Balaban J connectivity index is 1.75. The third kappa shape index (κ3) is 3.35. The minimum atomic E-state index is 0.171. The van der Waals surface area contributed by atoms with Crippen LogP contribution in [0.25, 0.3) is 0 Å². The SMILES string of the molecule is CCCNC(c1ccc(OC2CC2)cc1)c1cnns1. The summed E-state index contributed by atoms with van der Waals surface area (Å²) in [6.07, 6.45) is 5.77. The molecular weight excluding hydrogens is 270 g/mol. The van der Waals surface area contributed by atoms with Crippen LogP contribution in [0.4, 0.5) is 0 Å². The summed E-state index contributed by atoms with van der Waals surface area (Å²) in [5.41, 5.74) is 1.23. The monoisotopic (exact) mass is 289 g/mol. The Bertz CT molecular complexity index is 523. The quantitative estimate of drug-likeness (QED) is 0.850. The van der Waals surface area contributed by atoms with E-state index in [1.54, 1.807) is 0 Å². The fraction of sp³-hybridized carbons (Fsp3) is 0.467. The lowest BCUT2D eigenvalue weighted by atomic mass is 10.1. The van der Waals surface area contributed by atoms with Gasteiger partial charge < -0.3 is 10.1 Å². The number of aromatic nitrogens is 2. The summed E-state index contributed by atoms with van der Waals surface area (Å²) in [6, 6.07) is 8.55. The maximum atomic E-state index is 5.79. The van der Waals surface area contributed by atoms with E-state index in [0.29, 0.717) is 6.10 Å². The van der Waals surface area contributed by atoms with Crippen molar-refractivity contribution in [2.75, 3.05) is 6.54 Å². The maximum Gasteiger partial charge on any atom is 0.119 e. The van der Waals surface area contributed by atoms with Crippen LogP contribution in [0.15, 0.2) is 30.5 Å². The minimum absolute atomic E-state index is 0.171. The summed E-state index contributed by atoms with van der Waals surface area (Å²) < 4.78 is 9.76. The van der Waals surface area contributed by atoms with Crippen LogP contribution in [-0.4, -0.2) is 22.2 Å². The molecule has 1 saturated carbocycles. The van der Waals surface area contributed by atoms with E-state index < -0.39 is 0 Å². The summed E-state index contributed by atoms with van der Waals surface area (Å²) in [5, 5.41) is 7.50. The van der Waals surface area contributed by atoms with E-state index >= 15 is 0 Å². The van der Waals surface area contributed by atoms with Crippen LogP contribution in [0.1, 0.15) is 42.7 Å². The predicted octanol–water partition coefficient (Wildman–Crippen LogP) is 3.17. The molecule has 2 aromatic rings. The zero-order valence-corrected chi connectivity index (χ0v) is 12.4. The Kier molecular flexibility index (Phi) is 4.28. The molecule has 1 atom stereocenters. The number of nitrogens with zero attached hydrogens (tertiary/aromatic N) is 2. The lowest BCUT2D eigenvalue weighted by Crippen LogP contribution is -2.22. The number of rotatable bonds is 7. The van der Waals surface area contributed by atoms with Crippen LogP contribution in [-0.2, 0) is 0 Å². The Morgan fingerprint density at radius 3 is 2.75 bits per heavy atom. The Labute approximate surface area is 123 Å². The first-order chi connectivity index (χ1) is 9.86. The number of hydrogen-bond donors (Lipinski definition) is 1. The van der Waals surface area contributed by atoms with Gasteiger partial charge in [-0.05, 0) is 55.0 Å². The molecule has 1 aromatic carbocycles. The summed E-state index contributed by atoms with van der Waals surface area (Å²) in [4.78, 5) is 1.15. The van der Waals surface area contributed by atoms with Gasteiger partial charge in [-0.15, -0.1) is 5.10 Å². The normalized spacial score (nSPS) is 16.1. The van der Waals surface area contributed by atoms with Gasteiger partial charge in [0.1, 0.15) is 5.75 Å². The summed E-state index contributed by atoms with van der Waals surface area (Å²) in [6.45, 7) is 3.14. The smallest absolute Gasteiger partial charge is 0.119 e. The fourth-order valence-corrected chi connectivity index (χ4v) is 2.70. The molecule has 20 heavy (non-hydrogen) atoms. The summed E-state index contributed by atoms with van der Waals surface area (Å²) in [5.74, 6) is 0.966. The highest BCUT2D eigenvalue weighted by Gasteiger charge is 2.23. The van der Waals surface area contributed by atoms with Crippen molar-refractivity contribution < 1.29 is 4.74 Å². The van der Waals surface area contributed by atoms with E-state index in [1.165, 1.54) is 29.9 Å². The molecule has 0 radical (unpaired) electrons. The molecule has 0 spiro atoms. The van der Waals surface area contributed by atoms with E-state index in [2.05, 4.69) is 46.1 Å². The molecule has 106 valence electrons. The molecule has 1 aliphatic rings. The molecule has 1 aliphatic carbocycles. The molecular formula is C15H19N3OS. The molecule has 4 nitrogen and oxygen atoms in total. The van der Waals surface area contributed by atoms with Gasteiger partial charge in [-0.3, -0.25) is 0 Å². The number of nitrogens with one attached hydrogen (secondary N) is 1. The Morgan fingerprint density at radius 1 is 1.35 bits per heavy atom.